The molecule has 0 atom stereocenters. The highest BCUT2D eigenvalue weighted by atomic mass is 32.1. The maximum Gasteiger partial charge on any atom is 0.164 e. The largest absolute Gasteiger partial charge is 0.309 e. The fourth-order valence-electron chi connectivity index (χ4n) is 8.46. The van der Waals surface area contributed by atoms with Crippen LogP contribution in [0.5, 0.6) is 0 Å². The van der Waals surface area contributed by atoms with E-state index in [2.05, 4.69) is 150 Å². The molecule has 0 unspecified atom stereocenters. The van der Waals surface area contributed by atoms with E-state index in [4.69, 9.17) is 15.0 Å². The summed E-state index contributed by atoms with van der Waals surface area (Å²) in [6.45, 7) is 0. The van der Waals surface area contributed by atoms with Gasteiger partial charge in [0.25, 0.3) is 0 Å². The summed E-state index contributed by atoms with van der Waals surface area (Å²) in [4.78, 5) is 15.2. The second-order valence-electron chi connectivity index (χ2n) is 14.4. The van der Waals surface area contributed by atoms with Crippen LogP contribution in [0.25, 0.3) is 113 Å². The zero-order chi connectivity index (χ0) is 37.5. The van der Waals surface area contributed by atoms with E-state index in [1.54, 1.807) is 0 Å². The first-order valence-electron chi connectivity index (χ1n) is 19.0. The van der Waals surface area contributed by atoms with Crippen LogP contribution >= 0.6 is 22.7 Å². The van der Waals surface area contributed by atoms with Crippen LogP contribution in [0.1, 0.15) is 0 Å². The van der Waals surface area contributed by atoms with Crippen LogP contribution < -0.4 is 0 Å². The van der Waals surface area contributed by atoms with E-state index in [0.29, 0.717) is 17.5 Å². The molecule has 12 rings (SSSR count). The molecule has 4 nitrogen and oxygen atoms in total. The van der Waals surface area contributed by atoms with Crippen molar-refractivity contribution >= 4 is 84.8 Å². The van der Waals surface area contributed by atoms with Crippen molar-refractivity contribution in [2.45, 2.75) is 0 Å². The maximum absolute atomic E-state index is 5.11. The number of para-hydroxylation sites is 2. The van der Waals surface area contributed by atoms with E-state index in [1.807, 2.05) is 59.1 Å². The van der Waals surface area contributed by atoms with Gasteiger partial charge in [0.2, 0.25) is 0 Å². The number of aromatic nitrogens is 4. The molecule has 0 aliphatic carbocycles. The van der Waals surface area contributed by atoms with Crippen molar-refractivity contribution in [3.05, 3.63) is 182 Å². The van der Waals surface area contributed by atoms with Crippen molar-refractivity contribution in [1.82, 2.24) is 19.5 Å². The van der Waals surface area contributed by atoms with Gasteiger partial charge in [0.1, 0.15) is 0 Å². The van der Waals surface area contributed by atoms with Gasteiger partial charge in [-0.15, -0.1) is 22.7 Å². The van der Waals surface area contributed by atoms with E-state index < -0.39 is 0 Å². The standard InChI is InChI=1S/C51H30N4S2/c1-3-13-31(14-4-1)49-52-50(32-15-5-2-6-16-32)54-51(53-49)40-21-12-24-45-47(40)39-20-11-19-35(48(39)57-45)33-25-27-38-41-30-34(26-28-44(41)56-46(38)29-33)55-42-22-9-7-17-36(42)37-18-8-10-23-43(37)55/h1-30H. The summed E-state index contributed by atoms with van der Waals surface area (Å²) in [5, 5.41) is 7.50. The molecule has 0 saturated heterocycles. The van der Waals surface area contributed by atoms with Crippen molar-refractivity contribution in [3.8, 4) is 51.0 Å². The molecule has 57 heavy (non-hydrogen) atoms. The number of thiophene rings is 2. The first-order chi connectivity index (χ1) is 28.2. The Morgan fingerprint density at radius 2 is 0.965 bits per heavy atom. The van der Waals surface area contributed by atoms with E-state index in [9.17, 15) is 0 Å². The Kier molecular flexibility index (Phi) is 7.24. The van der Waals surface area contributed by atoms with Crippen LogP contribution in [-0.4, -0.2) is 19.5 Å². The van der Waals surface area contributed by atoms with E-state index in [1.165, 1.54) is 79.0 Å². The summed E-state index contributed by atoms with van der Waals surface area (Å²) < 4.78 is 7.44. The number of rotatable bonds is 5. The van der Waals surface area contributed by atoms with Gasteiger partial charge in [0.05, 0.1) is 11.0 Å². The predicted molar refractivity (Wildman–Crippen MR) is 242 cm³/mol. The third-order valence-electron chi connectivity index (χ3n) is 11.1. The highest BCUT2D eigenvalue weighted by Gasteiger charge is 2.19. The van der Waals surface area contributed by atoms with E-state index in [0.717, 1.165) is 16.7 Å². The number of fused-ring (bicyclic) bond motifs is 9. The van der Waals surface area contributed by atoms with Crippen molar-refractivity contribution in [3.63, 3.8) is 0 Å². The summed E-state index contributed by atoms with van der Waals surface area (Å²) in [5.41, 5.74) is 9.01. The fourth-order valence-corrected chi connectivity index (χ4v) is 10.9. The fraction of sp³-hybridized carbons (Fsp3) is 0. The summed E-state index contributed by atoms with van der Waals surface area (Å²) >= 11 is 3.70. The molecule has 0 bridgehead atoms. The van der Waals surface area contributed by atoms with Crippen LogP contribution in [0, 0.1) is 0 Å². The zero-order valence-corrected chi connectivity index (χ0v) is 32.1. The minimum Gasteiger partial charge on any atom is -0.309 e. The topological polar surface area (TPSA) is 43.6 Å². The summed E-state index contributed by atoms with van der Waals surface area (Å²) in [6, 6.07) is 64.9. The Morgan fingerprint density at radius 3 is 1.68 bits per heavy atom. The van der Waals surface area contributed by atoms with Gasteiger partial charge >= 0.3 is 0 Å². The molecule has 0 aliphatic rings. The lowest BCUT2D eigenvalue weighted by Gasteiger charge is -2.09. The molecule has 12 aromatic rings. The van der Waals surface area contributed by atoms with Crippen molar-refractivity contribution in [2.24, 2.45) is 0 Å². The first kappa shape index (κ1) is 32.3. The van der Waals surface area contributed by atoms with Crippen LogP contribution in [0.4, 0.5) is 0 Å². The second kappa shape index (κ2) is 12.8. The monoisotopic (exact) mass is 762 g/mol. The SMILES string of the molecule is c1ccc(-c2nc(-c3ccccc3)nc(-c3cccc4sc5c(-c6ccc7c(c6)sc6ccc(-n8c9ccccc9c9ccccc98)cc67)cccc5c34)n2)cc1. The third kappa shape index (κ3) is 5.15. The maximum atomic E-state index is 5.11. The Bertz CT molecular complexity index is 3410. The smallest absolute Gasteiger partial charge is 0.164 e. The molecule has 0 fully saturated rings. The van der Waals surface area contributed by atoms with Gasteiger partial charge in [-0.3, -0.25) is 0 Å². The van der Waals surface area contributed by atoms with Crippen LogP contribution in [-0.2, 0) is 0 Å². The Balaban J connectivity index is 0.996. The average molecular weight is 763 g/mol. The average Bonchev–Trinajstić information content (AvgIpc) is 3.96. The molecular formula is C51H30N4S2. The van der Waals surface area contributed by atoms with Gasteiger partial charge in [-0.25, -0.2) is 15.0 Å². The molecule has 0 N–H and O–H groups in total. The molecule has 0 amide bonds. The lowest BCUT2D eigenvalue weighted by Crippen LogP contribution is -2.00. The van der Waals surface area contributed by atoms with Gasteiger partial charge in [0, 0.05) is 73.5 Å². The Labute approximate surface area is 335 Å². The van der Waals surface area contributed by atoms with Gasteiger partial charge in [-0.2, -0.15) is 0 Å². The molecule has 4 aromatic heterocycles. The summed E-state index contributed by atoms with van der Waals surface area (Å²) in [6.07, 6.45) is 0. The predicted octanol–water partition coefficient (Wildman–Crippen LogP) is 14.4. The van der Waals surface area contributed by atoms with E-state index >= 15 is 0 Å². The molecule has 266 valence electrons. The number of nitrogens with zero attached hydrogens (tertiary/aromatic N) is 4. The van der Waals surface area contributed by atoms with Crippen LogP contribution in [0.3, 0.4) is 0 Å². The van der Waals surface area contributed by atoms with Gasteiger partial charge in [0.15, 0.2) is 17.5 Å². The first-order valence-corrected chi connectivity index (χ1v) is 20.7. The molecule has 6 heteroatoms. The van der Waals surface area contributed by atoms with Gasteiger partial charge < -0.3 is 4.57 Å². The van der Waals surface area contributed by atoms with Crippen molar-refractivity contribution < 1.29 is 0 Å². The minimum absolute atomic E-state index is 0.663. The quantitative estimate of drug-likeness (QED) is 0.175. The van der Waals surface area contributed by atoms with Crippen molar-refractivity contribution in [2.75, 3.05) is 0 Å². The lowest BCUT2D eigenvalue weighted by molar-refractivity contribution is 1.08. The molecule has 0 radical (unpaired) electrons. The normalized spacial score (nSPS) is 11.9. The van der Waals surface area contributed by atoms with Crippen molar-refractivity contribution in [1.29, 1.82) is 0 Å². The molecular weight excluding hydrogens is 733 g/mol. The number of hydrogen-bond acceptors (Lipinski definition) is 5. The molecule has 0 spiro atoms. The molecule has 0 aliphatic heterocycles. The van der Waals surface area contributed by atoms with Crippen LogP contribution in [0.2, 0.25) is 0 Å². The lowest BCUT2D eigenvalue weighted by atomic mass is 9.99. The van der Waals surface area contributed by atoms with Gasteiger partial charge in [-0.1, -0.05) is 140 Å². The number of hydrogen-bond donors (Lipinski definition) is 0. The molecule has 0 saturated carbocycles. The number of benzene rings is 8. The highest BCUT2D eigenvalue weighted by molar-refractivity contribution is 7.26. The van der Waals surface area contributed by atoms with Gasteiger partial charge in [-0.05, 0) is 53.6 Å². The Morgan fingerprint density at radius 1 is 0.351 bits per heavy atom. The van der Waals surface area contributed by atoms with E-state index in [-0.39, 0.29) is 0 Å². The minimum atomic E-state index is 0.663. The summed E-state index contributed by atoms with van der Waals surface area (Å²) in [7, 11) is 0. The molecule has 8 aromatic carbocycles. The summed E-state index contributed by atoms with van der Waals surface area (Å²) in [5.74, 6) is 2.00. The third-order valence-corrected chi connectivity index (χ3v) is 13.4. The Hall–Kier alpha value is -6.99. The van der Waals surface area contributed by atoms with Crippen LogP contribution in [0.15, 0.2) is 182 Å². The zero-order valence-electron chi connectivity index (χ0n) is 30.4. The molecule has 4 heterocycles. The highest BCUT2D eigenvalue weighted by Crippen LogP contribution is 2.45. The second-order valence-corrected chi connectivity index (χ2v) is 16.5.